The van der Waals surface area contributed by atoms with Crippen LogP contribution in [-0.4, -0.2) is 0 Å². The molecule has 0 spiro atoms. The summed E-state index contributed by atoms with van der Waals surface area (Å²) >= 11 is 0. The summed E-state index contributed by atoms with van der Waals surface area (Å²) < 4.78 is 0. The largest absolute Gasteiger partial charge is 0.0635 e. The highest BCUT2D eigenvalue weighted by atomic mass is 14.3. The van der Waals surface area contributed by atoms with E-state index in [9.17, 15) is 0 Å². The molecule has 6 aromatic carbocycles. The van der Waals surface area contributed by atoms with E-state index < -0.39 is 0 Å². The van der Waals surface area contributed by atoms with Gasteiger partial charge in [0.1, 0.15) is 0 Å². The Kier molecular flexibility index (Phi) is 6.96. The topological polar surface area (TPSA) is 0 Å². The minimum absolute atomic E-state index is 1.21. The molecule has 0 saturated carbocycles. The first-order chi connectivity index (χ1) is 18.9. The van der Waals surface area contributed by atoms with E-state index in [0.717, 1.165) is 0 Å². The minimum atomic E-state index is 1.21. The molecule has 2 radical (unpaired) electrons. The number of rotatable bonds is 7. The van der Waals surface area contributed by atoms with E-state index in [4.69, 9.17) is 0 Å². The zero-order valence-electron chi connectivity index (χ0n) is 21.2. The van der Waals surface area contributed by atoms with Crippen molar-refractivity contribution in [1.29, 1.82) is 0 Å². The van der Waals surface area contributed by atoms with Gasteiger partial charge in [-0.2, -0.15) is 0 Å². The predicted octanol–water partition coefficient (Wildman–Crippen LogP) is 9.39. The molecule has 0 nitrogen and oxygen atoms in total. The molecule has 0 amide bonds. The lowest BCUT2D eigenvalue weighted by Gasteiger charge is -2.25. The zero-order chi connectivity index (χ0) is 25.6. The molecule has 0 N–H and O–H groups in total. The fourth-order valence-corrected chi connectivity index (χ4v) is 5.25. The molecule has 38 heavy (non-hydrogen) atoms. The number of benzene rings is 6. The van der Waals surface area contributed by atoms with Crippen LogP contribution in [0, 0.1) is 11.8 Å². The van der Waals surface area contributed by atoms with Crippen molar-refractivity contribution in [3.05, 3.63) is 215 Å². The van der Waals surface area contributed by atoms with E-state index in [1.54, 1.807) is 0 Å². The molecule has 0 aliphatic rings. The van der Waals surface area contributed by atoms with E-state index in [2.05, 4.69) is 170 Å². The Morgan fingerprint density at radius 3 is 0.763 bits per heavy atom. The van der Waals surface area contributed by atoms with Gasteiger partial charge < -0.3 is 0 Å². The molecule has 0 atom stereocenters. The molecule has 0 unspecified atom stereocenters. The van der Waals surface area contributed by atoms with Crippen LogP contribution in [0.2, 0.25) is 0 Å². The van der Waals surface area contributed by atoms with Gasteiger partial charge in [0.05, 0.1) is 11.8 Å². The van der Waals surface area contributed by atoms with Gasteiger partial charge in [-0.15, -0.1) is 0 Å². The minimum Gasteiger partial charge on any atom is -0.0622 e. The molecule has 0 aliphatic carbocycles. The van der Waals surface area contributed by atoms with Crippen LogP contribution in [0.25, 0.3) is 11.1 Å². The van der Waals surface area contributed by atoms with Crippen molar-refractivity contribution in [2.45, 2.75) is 0 Å². The van der Waals surface area contributed by atoms with Crippen LogP contribution in [0.3, 0.4) is 0 Å². The van der Waals surface area contributed by atoms with Gasteiger partial charge in [0.25, 0.3) is 0 Å². The van der Waals surface area contributed by atoms with Gasteiger partial charge in [-0.1, -0.05) is 170 Å². The van der Waals surface area contributed by atoms with Gasteiger partial charge in [0.2, 0.25) is 0 Å². The van der Waals surface area contributed by atoms with Crippen LogP contribution in [0.15, 0.2) is 170 Å². The van der Waals surface area contributed by atoms with Crippen molar-refractivity contribution in [3.8, 4) is 11.1 Å². The first kappa shape index (κ1) is 23.7. The zero-order valence-corrected chi connectivity index (χ0v) is 21.2. The van der Waals surface area contributed by atoms with E-state index >= 15 is 0 Å². The third kappa shape index (κ3) is 4.82. The lowest BCUT2D eigenvalue weighted by atomic mass is 9.77. The van der Waals surface area contributed by atoms with Crippen molar-refractivity contribution in [2.24, 2.45) is 0 Å². The normalized spacial score (nSPS) is 11.1. The van der Waals surface area contributed by atoms with Crippen molar-refractivity contribution in [2.75, 3.05) is 0 Å². The van der Waals surface area contributed by atoms with Crippen molar-refractivity contribution >= 4 is 0 Å². The summed E-state index contributed by atoms with van der Waals surface area (Å²) in [5.74, 6) is 2.47. The Hall–Kier alpha value is -4.68. The van der Waals surface area contributed by atoms with E-state index in [-0.39, 0.29) is 0 Å². The van der Waals surface area contributed by atoms with Gasteiger partial charge in [0, 0.05) is 0 Å². The number of hydrogen-bond acceptors (Lipinski definition) is 0. The van der Waals surface area contributed by atoms with Crippen molar-refractivity contribution < 1.29 is 0 Å². The maximum Gasteiger partial charge on any atom is 0.0635 e. The third-order valence-corrected chi connectivity index (χ3v) is 6.93. The van der Waals surface area contributed by atoms with E-state index in [1.807, 2.05) is 0 Å². The lowest BCUT2D eigenvalue weighted by molar-refractivity contribution is 1.21. The van der Waals surface area contributed by atoms with Crippen LogP contribution in [0.1, 0.15) is 33.4 Å². The summed E-state index contributed by atoms with van der Waals surface area (Å²) in [4.78, 5) is 0. The Bertz CT molecular complexity index is 1380. The maximum absolute atomic E-state index is 2.26. The monoisotopic (exact) mass is 484 g/mol. The Morgan fingerprint density at radius 1 is 0.237 bits per heavy atom. The molecular formula is C38H28. The second-order valence-electron chi connectivity index (χ2n) is 9.31. The Morgan fingerprint density at radius 2 is 0.474 bits per heavy atom. The van der Waals surface area contributed by atoms with Crippen LogP contribution in [0.4, 0.5) is 0 Å². The van der Waals surface area contributed by atoms with E-state index in [0.29, 0.717) is 0 Å². The first-order valence-corrected chi connectivity index (χ1v) is 13.0. The molecule has 6 rings (SSSR count). The van der Waals surface area contributed by atoms with Crippen LogP contribution in [0.5, 0.6) is 0 Å². The molecule has 0 bridgehead atoms. The lowest BCUT2D eigenvalue weighted by Crippen LogP contribution is -2.09. The molecule has 0 aromatic heterocycles. The summed E-state index contributed by atoms with van der Waals surface area (Å²) in [6.07, 6.45) is 0. The average Bonchev–Trinajstić information content (AvgIpc) is 3.00. The number of hydrogen-bond donors (Lipinski definition) is 0. The van der Waals surface area contributed by atoms with Gasteiger partial charge in [-0.3, -0.25) is 0 Å². The summed E-state index contributed by atoms with van der Waals surface area (Å²) in [5.41, 5.74) is 9.71. The van der Waals surface area contributed by atoms with Gasteiger partial charge in [0.15, 0.2) is 0 Å². The second kappa shape index (κ2) is 11.2. The molecule has 0 heterocycles. The molecule has 180 valence electrons. The molecule has 0 fully saturated rings. The summed E-state index contributed by atoms with van der Waals surface area (Å²) in [7, 11) is 0. The Labute approximate surface area is 225 Å². The molecule has 6 aromatic rings. The standard InChI is InChI=1S/C38H28/c1-5-17-29(18-6-1)37(30-19-7-2-8-20-30)35-27-15-13-25-33(35)34-26-14-16-28-36(34)38(31-21-9-3-10-22-31)32-23-11-4-12-24-32/h1-28H. The van der Waals surface area contributed by atoms with Crippen LogP contribution in [-0.2, 0) is 0 Å². The maximum atomic E-state index is 2.26. The second-order valence-corrected chi connectivity index (χ2v) is 9.31. The van der Waals surface area contributed by atoms with Crippen LogP contribution < -0.4 is 0 Å². The average molecular weight is 485 g/mol. The van der Waals surface area contributed by atoms with Gasteiger partial charge in [-0.25, -0.2) is 0 Å². The molecule has 0 saturated heterocycles. The van der Waals surface area contributed by atoms with Gasteiger partial charge >= 0.3 is 0 Å². The third-order valence-electron chi connectivity index (χ3n) is 6.93. The SMILES string of the molecule is c1ccc([C](c2ccccc2)c2ccccc2-c2ccccc2[C](c2ccccc2)c2ccccc2)cc1. The first-order valence-electron chi connectivity index (χ1n) is 13.0. The predicted molar refractivity (Wildman–Crippen MR) is 159 cm³/mol. The smallest absolute Gasteiger partial charge is 0.0622 e. The fourth-order valence-electron chi connectivity index (χ4n) is 5.25. The summed E-state index contributed by atoms with van der Waals surface area (Å²) in [6.45, 7) is 0. The fraction of sp³-hybridized carbons (Fsp3) is 0. The summed E-state index contributed by atoms with van der Waals surface area (Å²) in [6, 6.07) is 60.5. The summed E-state index contributed by atoms with van der Waals surface area (Å²) in [5, 5.41) is 0. The van der Waals surface area contributed by atoms with Gasteiger partial charge in [-0.05, 0) is 44.5 Å². The van der Waals surface area contributed by atoms with Crippen LogP contribution >= 0.6 is 0 Å². The highest BCUT2D eigenvalue weighted by molar-refractivity contribution is 5.80. The van der Waals surface area contributed by atoms with Crippen molar-refractivity contribution in [1.82, 2.24) is 0 Å². The molecular weight excluding hydrogens is 456 g/mol. The molecule has 0 aliphatic heterocycles. The Balaban J connectivity index is 1.58. The quantitative estimate of drug-likeness (QED) is 0.198. The highest BCUT2D eigenvalue weighted by Crippen LogP contribution is 2.42. The van der Waals surface area contributed by atoms with Crippen molar-refractivity contribution in [3.63, 3.8) is 0 Å². The molecule has 0 heteroatoms. The highest BCUT2D eigenvalue weighted by Gasteiger charge is 2.25. The van der Waals surface area contributed by atoms with E-state index in [1.165, 1.54) is 56.3 Å².